The molecule has 11 heteroatoms. The fraction of sp³-hybridized carbons (Fsp3) is 0.333. The van der Waals surface area contributed by atoms with Crippen LogP contribution in [-0.2, 0) is 24.1 Å². The fourth-order valence-electron chi connectivity index (χ4n) is 0.207. The summed E-state index contributed by atoms with van der Waals surface area (Å²) in [6.45, 7) is 0. The van der Waals surface area contributed by atoms with E-state index < -0.39 is 22.4 Å². The van der Waals surface area contributed by atoms with Crippen LogP contribution in [0.2, 0.25) is 0 Å². The van der Waals surface area contributed by atoms with Crippen molar-refractivity contribution in [1.29, 1.82) is 0 Å². The van der Waals surface area contributed by atoms with Crippen molar-refractivity contribution >= 4 is 41.2 Å². The van der Waals surface area contributed by atoms with E-state index in [9.17, 15) is 31.2 Å². The molecule has 0 aromatic carbocycles. The molecule has 0 aliphatic carbocycles. The third kappa shape index (κ3) is 5.77. The van der Waals surface area contributed by atoms with Crippen molar-refractivity contribution in [3.05, 3.63) is 0 Å². The summed E-state index contributed by atoms with van der Waals surface area (Å²) < 4.78 is 58.9. The number of nitrogens with zero attached hydrogens (tertiary/aromatic N) is 1. The maximum atomic E-state index is 11.3. The van der Waals surface area contributed by atoms with Crippen LogP contribution >= 0.6 is 0 Å². The molecule has 0 saturated heterocycles. The number of hydrogen-bond donors (Lipinski definition) is 0. The van der Waals surface area contributed by atoms with Gasteiger partial charge in [-0.25, -0.2) is 9.59 Å². The molecule has 0 bridgehead atoms. The minimum atomic E-state index is -5.47. The molecule has 0 N–H and O–H groups in total. The van der Waals surface area contributed by atoms with Gasteiger partial charge in [0.1, 0.15) is 0 Å². The van der Waals surface area contributed by atoms with E-state index in [2.05, 4.69) is 4.18 Å². The van der Waals surface area contributed by atoms with Gasteiger partial charge < -0.3 is 4.18 Å². The Labute approximate surface area is 87.6 Å². The quantitative estimate of drug-likeness (QED) is 0.343. The number of hydrogen-bond acceptors (Lipinski definition) is 5. The molecular weight excluding hydrogens is 226 g/mol. The van der Waals surface area contributed by atoms with E-state index in [4.69, 9.17) is 0 Å². The van der Waals surface area contributed by atoms with Gasteiger partial charge in [0.2, 0.25) is 0 Å². The topological polar surface area (TPSA) is 89.9 Å². The summed E-state index contributed by atoms with van der Waals surface area (Å²) in [6, 6.07) is 0. The molecule has 0 aromatic heterocycles. The van der Waals surface area contributed by atoms with Crippen molar-refractivity contribution < 1.29 is 35.4 Å². The van der Waals surface area contributed by atoms with Crippen molar-refractivity contribution in [2.24, 2.45) is 4.40 Å². The van der Waals surface area contributed by atoms with Crippen LogP contribution in [0.5, 0.6) is 0 Å². The Morgan fingerprint density at radius 1 is 1.36 bits per heavy atom. The zero-order valence-corrected chi connectivity index (χ0v) is 6.35. The van der Waals surface area contributed by atoms with Gasteiger partial charge in [-0.05, 0) is 4.40 Å². The Balaban J connectivity index is 0. The van der Waals surface area contributed by atoms with Crippen molar-refractivity contribution in [1.82, 2.24) is 0 Å². The van der Waals surface area contributed by atoms with Crippen LogP contribution in [0.4, 0.5) is 13.2 Å². The van der Waals surface area contributed by atoms with Crippen molar-refractivity contribution in [2.45, 2.75) is 6.18 Å². The summed E-state index contributed by atoms with van der Waals surface area (Å²) in [7, 11) is -5.18. The number of carbonyl (C=O) groups excluding carboxylic acids is 2. The van der Waals surface area contributed by atoms with Gasteiger partial charge in [-0.3, -0.25) is 0 Å². The average molecular weight is 227 g/mol. The Morgan fingerprint density at radius 2 is 1.79 bits per heavy atom. The van der Waals surface area contributed by atoms with Gasteiger partial charge >= 0.3 is 41.3 Å². The van der Waals surface area contributed by atoms with E-state index in [0.29, 0.717) is 6.08 Å². The molecule has 0 radical (unpaired) electrons. The summed E-state index contributed by atoms with van der Waals surface area (Å²) in [5.41, 5.74) is 0. The van der Waals surface area contributed by atoms with Gasteiger partial charge in [-0.2, -0.15) is 21.6 Å². The standard InChI is InChI=1S/C3F3NO5S.Li.H/c4-3(5,6)2(9)12-13(10,11)7-1-8;;. The van der Waals surface area contributed by atoms with Crippen LogP contribution in [0.25, 0.3) is 0 Å². The second kappa shape index (κ2) is 5.16. The molecule has 0 aliphatic heterocycles. The van der Waals surface area contributed by atoms with E-state index in [0.717, 1.165) is 0 Å². The summed E-state index contributed by atoms with van der Waals surface area (Å²) in [5, 5.41) is 0. The van der Waals surface area contributed by atoms with E-state index in [1.807, 2.05) is 4.40 Å². The molecule has 0 atom stereocenters. The van der Waals surface area contributed by atoms with E-state index in [1.54, 1.807) is 0 Å². The van der Waals surface area contributed by atoms with Gasteiger partial charge in [0.15, 0.2) is 0 Å². The summed E-state index contributed by atoms with van der Waals surface area (Å²) in [5.74, 6) is -2.98. The second-order valence-corrected chi connectivity index (χ2v) is 2.68. The van der Waals surface area contributed by atoms with Crippen LogP contribution in [0.1, 0.15) is 0 Å². The first-order chi connectivity index (χ1) is 5.69. The van der Waals surface area contributed by atoms with E-state index in [1.165, 1.54) is 0 Å². The first-order valence-electron chi connectivity index (χ1n) is 2.34. The number of halogens is 3. The fourth-order valence-corrected chi connectivity index (χ4v) is 0.622. The van der Waals surface area contributed by atoms with Gasteiger partial charge in [0.05, 0.1) is 0 Å². The molecule has 0 unspecified atom stereocenters. The predicted molar refractivity (Wildman–Crippen MR) is 36.3 cm³/mol. The van der Waals surface area contributed by atoms with Crippen LogP contribution in [0, 0.1) is 0 Å². The number of alkyl halides is 3. The Morgan fingerprint density at radius 3 is 2.07 bits per heavy atom. The maximum absolute atomic E-state index is 11.3. The normalized spacial score (nSPS) is 10.8. The number of isocyanates is 1. The van der Waals surface area contributed by atoms with Crippen LogP contribution in [0.15, 0.2) is 4.40 Å². The molecule has 0 aromatic rings. The van der Waals surface area contributed by atoms with Crippen LogP contribution < -0.4 is 0 Å². The molecule has 0 saturated carbocycles. The van der Waals surface area contributed by atoms with Crippen LogP contribution in [-0.4, -0.2) is 45.5 Å². The van der Waals surface area contributed by atoms with E-state index >= 15 is 0 Å². The molecular formula is C3HF3LiNO5S. The molecule has 0 fully saturated rings. The molecule has 76 valence electrons. The number of rotatable bonds is 2. The van der Waals surface area contributed by atoms with Crippen molar-refractivity contribution in [3.63, 3.8) is 0 Å². The molecule has 0 spiro atoms. The van der Waals surface area contributed by atoms with Crippen LogP contribution in [0.3, 0.4) is 0 Å². The minimum absolute atomic E-state index is 0. The summed E-state index contributed by atoms with van der Waals surface area (Å²) >= 11 is 0. The zero-order chi connectivity index (χ0) is 10.7. The molecule has 0 heterocycles. The summed E-state index contributed by atoms with van der Waals surface area (Å²) in [4.78, 5) is 19.1. The SMILES string of the molecule is O=C=NS(=O)(=O)OC(=O)C(F)(F)F.[LiH]. The monoisotopic (exact) mass is 227 g/mol. The zero-order valence-electron chi connectivity index (χ0n) is 5.53. The predicted octanol–water partition coefficient (Wildman–Crippen LogP) is -0.976. The molecule has 0 amide bonds. The molecule has 14 heavy (non-hydrogen) atoms. The molecule has 0 aliphatic rings. The molecule has 0 rings (SSSR count). The molecule has 6 nitrogen and oxygen atoms in total. The van der Waals surface area contributed by atoms with Gasteiger partial charge in [0.25, 0.3) is 6.08 Å². The Kier molecular flexibility index (Phi) is 5.77. The van der Waals surface area contributed by atoms with Gasteiger partial charge in [-0.15, -0.1) is 0 Å². The Bertz CT molecular complexity index is 355. The first-order valence-corrected chi connectivity index (χ1v) is 3.70. The second-order valence-electron chi connectivity index (χ2n) is 1.48. The van der Waals surface area contributed by atoms with Gasteiger partial charge in [0, 0.05) is 0 Å². The average Bonchev–Trinajstić information content (AvgIpc) is 1.83. The summed E-state index contributed by atoms with van der Waals surface area (Å²) in [6.07, 6.45) is -5.06. The van der Waals surface area contributed by atoms with Crippen molar-refractivity contribution in [2.75, 3.05) is 0 Å². The third-order valence-corrected chi connectivity index (χ3v) is 1.22. The first kappa shape index (κ1) is 15.7. The Hall–Kier alpha value is -0.813. The van der Waals surface area contributed by atoms with E-state index in [-0.39, 0.29) is 18.9 Å². The van der Waals surface area contributed by atoms with Crippen molar-refractivity contribution in [3.8, 4) is 0 Å². The third-order valence-electron chi connectivity index (χ3n) is 0.562. The van der Waals surface area contributed by atoms with Gasteiger partial charge in [-0.1, -0.05) is 0 Å². The number of carbonyl (C=O) groups is 1.